The van der Waals surface area contributed by atoms with Crippen LogP contribution in [-0.4, -0.2) is 45.1 Å². The van der Waals surface area contributed by atoms with Gasteiger partial charge in [0.15, 0.2) is 9.84 Å². The summed E-state index contributed by atoms with van der Waals surface area (Å²) in [6.07, 6.45) is 1.61. The van der Waals surface area contributed by atoms with Crippen molar-refractivity contribution in [3.05, 3.63) is 47.6 Å². The van der Waals surface area contributed by atoms with Gasteiger partial charge in [0.2, 0.25) is 0 Å². The zero-order valence-electron chi connectivity index (χ0n) is 15.3. The highest BCUT2D eigenvalue weighted by Crippen LogP contribution is 2.35. The molecule has 1 aromatic heterocycles. The van der Waals surface area contributed by atoms with Crippen LogP contribution >= 0.6 is 11.6 Å². The number of anilines is 2. The molecule has 0 saturated carbocycles. The SMILES string of the molecule is COc1cc(Nc2ccnc3cc(OC)c(S(=O)(=O)CCO)cc23)ccc1Cl. The highest BCUT2D eigenvalue weighted by molar-refractivity contribution is 7.91. The lowest BCUT2D eigenvalue weighted by Crippen LogP contribution is -2.11. The van der Waals surface area contributed by atoms with E-state index in [1.165, 1.54) is 20.3 Å². The van der Waals surface area contributed by atoms with Gasteiger partial charge in [0.05, 0.1) is 37.1 Å². The first-order chi connectivity index (χ1) is 13.4. The molecule has 3 rings (SSSR count). The smallest absolute Gasteiger partial charge is 0.184 e. The molecular weight excluding hydrogens is 404 g/mol. The third-order valence-corrected chi connectivity index (χ3v) is 6.17. The number of benzene rings is 2. The van der Waals surface area contributed by atoms with Crippen molar-refractivity contribution in [1.29, 1.82) is 0 Å². The van der Waals surface area contributed by atoms with Gasteiger partial charge in [0.25, 0.3) is 0 Å². The van der Waals surface area contributed by atoms with E-state index in [9.17, 15) is 8.42 Å². The number of nitrogens with zero attached hydrogens (tertiary/aromatic N) is 1. The van der Waals surface area contributed by atoms with Gasteiger partial charge in [-0.05, 0) is 24.3 Å². The van der Waals surface area contributed by atoms with Gasteiger partial charge in [0.1, 0.15) is 16.4 Å². The van der Waals surface area contributed by atoms with E-state index >= 15 is 0 Å². The molecule has 7 nitrogen and oxygen atoms in total. The average molecular weight is 423 g/mol. The van der Waals surface area contributed by atoms with E-state index in [1.54, 1.807) is 36.5 Å². The number of aliphatic hydroxyl groups excluding tert-OH is 1. The Bertz CT molecular complexity index is 1120. The lowest BCUT2D eigenvalue weighted by molar-refractivity contribution is 0.319. The number of rotatable bonds is 7. The molecule has 2 N–H and O–H groups in total. The minimum absolute atomic E-state index is 0.00119. The topological polar surface area (TPSA) is 97.8 Å². The fraction of sp³-hybridized carbons (Fsp3) is 0.211. The van der Waals surface area contributed by atoms with Gasteiger partial charge in [-0.25, -0.2) is 8.42 Å². The third kappa shape index (κ3) is 3.99. The minimum Gasteiger partial charge on any atom is -0.495 e. The van der Waals surface area contributed by atoms with Crippen LogP contribution in [0.2, 0.25) is 5.02 Å². The quantitative estimate of drug-likeness (QED) is 0.602. The second-order valence-corrected chi connectivity index (χ2v) is 8.38. The molecule has 3 aromatic rings. The molecule has 0 aliphatic rings. The standard InChI is InChI=1S/C19H19ClN2O5S/c1-26-17-9-12(3-4-14(17)20)22-15-5-6-21-16-11-18(27-2)19(10-13(15)16)28(24,25)8-7-23/h3-6,9-11,23H,7-8H2,1-2H3,(H,21,22). The molecule has 1 heterocycles. The Morgan fingerprint density at radius 1 is 1.11 bits per heavy atom. The predicted octanol–water partition coefficient (Wildman–Crippen LogP) is 3.42. The van der Waals surface area contributed by atoms with Crippen LogP contribution in [0.3, 0.4) is 0 Å². The van der Waals surface area contributed by atoms with Crippen molar-refractivity contribution in [3.63, 3.8) is 0 Å². The highest BCUT2D eigenvalue weighted by Gasteiger charge is 2.21. The maximum Gasteiger partial charge on any atom is 0.184 e. The Hall–Kier alpha value is -2.55. The van der Waals surface area contributed by atoms with Crippen molar-refractivity contribution >= 4 is 43.7 Å². The first kappa shape index (κ1) is 20.2. The zero-order valence-corrected chi connectivity index (χ0v) is 16.8. The van der Waals surface area contributed by atoms with E-state index in [0.29, 0.717) is 33.0 Å². The number of methoxy groups -OCH3 is 2. The molecule has 0 spiro atoms. The molecule has 0 fully saturated rings. The second kappa shape index (κ2) is 8.22. The molecule has 2 aromatic carbocycles. The average Bonchev–Trinajstić information content (AvgIpc) is 2.68. The number of fused-ring (bicyclic) bond motifs is 1. The molecule has 0 aliphatic carbocycles. The van der Waals surface area contributed by atoms with Crippen LogP contribution in [0, 0.1) is 0 Å². The Morgan fingerprint density at radius 2 is 1.86 bits per heavy atom. The summed E-state index contributed by atoms with van der Waals surface area (Å²) >= 11 is 6.06. The summed E-state index contributed by atoms with van der Waals surface area (Å²) in [5.41, 5.74) is 1.92. The van der Waals surface area contributed by atoms with Crippen molar-refractivity contribution in [2.24, 2.45) is 0 Å². The van der Waals surface area contributed by atoms with Gasteiger partial charge >= 0.3 is 0 Å². The van der Waals surface area contributed by atoms with E-state index in [1.807, 2.05) is 0 Å². The molecule has 0 radical (unpaired) electrons. The Kier molecular flexibility index (Phi) is 5.93. The van der Waals surface area contributed by atoms with E-state index in [2.05, 4.69) is 10.3 Å². The molecule has 0 atom stereocenters. The summed E-state index contributed by atoms with van der Waals surface area (Å²) in [6.45, 7) is -0.480. The molecule has 0 aliphatic heterocycles. The van der Waals surface area contributed by atoms with E-state index in [4.69, 9.17) is 26.2 Å². The van der Waals surface area contributed by atoms with Gasteiger partial charge in [-0.1, -0.05) is 11.6 Å². The Morgan fingerprint density at radius 3 is 2.54 bits per heavy atom. The Balaban J connectivity index is 2.14. The van der Waals surface area contributed by atoms with Crippen LogP contribution in [0.25, 0.3) is 10.9 Å². The summed E-state index contributed by atoms with van der Waals surface area (Å²) in [5, 5.41) is 13.4. The molecule has 0 bridgehead atoms. The van der Waals surface area contributed by atoms with Crippen molar-refractivity contribution in [3.8, 4) is 11.5 Å². The summed E-state index contributed by atoms with van der Waals surface area (Å²) in [7, 11) is -0.803. The Labute approximate surface area is 167 Å². The zero-order chi connectivity index (χ0) is 20.3. The summed E-state index contributed by atoms with van der Waals surface area (Å²) in [5.74, 6) is 0.295. The molecule has 9 heteroatoms. The lowest BCUT2D eigenvalue weighted by Gasteiger charge is -2.14. The number of aliphatic hydroxyl groups is 1. The van der Waals surface area contributed by atoms with Gasteiger partial charge < -0.3 is 19.9 Å². The first-order valence-corrected chi connectivity index (χ1v) is 10.3. The second-order valence-electron chi connectivity index (χ2n) is 5.90. The van der Waals surface area contributed by atoms with E-state index in [0.717, 1.165) is 0 Å². The molecular formula is C19H19ClN2O5S. The lowest BCUT2D eigenvalue weighted by atomic mass is 10.1. The monoisotopic (exact) mass is 422 g/mol. The van der Waals surface area contributed by atoms with Gasteiger partial charge in [0, 0.05) is 35.1 Å². The maximum absolute atomic E-state index is 12.5. The van der Waals surface area contributed by atoms with Gasteiger partial charge in [-0.15, -0.1) is 0 Å². The van der Waals surface area contributed by atoms with Gasteiger partial charge in [-0.3, -0.25) is 4.98 Å². The third-order valence-electron chi connectivity index (χ3n) is 4.15. The number of aromatic nitrogens is 1. The number of halogens is 1. The normalized spacial score (nSPS) is 11.4. The summed E-state index contributed by atoms with van der Waals surface area (Å²) in [6, 6.07) is 10.0. The summed E-state index contributed by atoms with van der Waals surface area (Å²) < 4.78 is 35.5. The number of sulfone groups is 1. The number of pyridine rings is 1. The van der Waals surface area contributed by atoms with Crippen molar-refractivity contribution < 1.29 is 23.0 Å². The van der Waals surface area contributed by atoms with Crippen LogP contribution in [0.5, 0.6) is 11.5 Å². The number of hydrogen-bond donors (Lipinski definition) is 2. The largest absolute Gasteiger partial charge is 0.495 e. The minimum atomic E-state index is -3.72. The van der Waals surface area contributed by atoms with Crippen LogP contribution < -0.4 is 14.8 Å². The molecule has 148 valence electrons. The number of nitrogens with one attached hydrogen (secondary N) is 1. The predicted molar refractivity (Wildman–Crippen MR) is 109 cm³/mol. The van der Waals surface area contributed by atoms with Crippen LogP contribution in [0.15, 0.2) is 47.5 Å². The fourth-order valence-corrected chi connectivity index (χ4v) is 4.19. The molecule has 0 unspecified atom stereocenters. The van der Waals surface area contributed by atoms with Crippen molar-refractivity contribution in [1.82, 2.24) is 4.98 Å². The number of hydrogen-bond acceptors (Lipinski definition) is 7. The van der Waals surface area contributed by atoms with E-state index in [-0.39, 0.29) is 10.6 Å². The number of ether oxygens (including phenoxy) is 2. The highest BCUT2D eigenvalue weighted by atomic mass is 35.5. The molecule has 0 saturated heterocycles. The van der Waals surface area contributed by atoms with Crippen molar-refractivity contribution in [2.75, 3.05) is 31.9 Å². The van der Waals surface area contributed by atoms with E-state index < -0.39 is 22.2 Å². The van der Waals surface area contributed by atoms with Crippen molar-refractivity contribution in [2.45, 2.75) is 4.90 Å². The van der Waals surface area contributed by atoms with Crippen LogP contribution in [0.4, 0.5) is 11.4 Å². The fourth-order valence-electron chi connectivity index (χ4n) is 2.79. The maximum atomic E-state index is 12.5. The first-order valence-electron chi connectivity index (χ1n) is 8.30. The van der Waals surface area contributed by atoms with Crippen LogP contribution in [-0.2, 0) is 9.84 Å². The van der Waals surface area contributed by atoms with Crippen LogP contribution in [0.1, 0.15) is 0 Å². The molecule has 28 heavy (non-hydrogen) atoms. The van der Waals surface area contributed by atoms with Gasteiger partial charge in [-0.2, -0.15) is 0 Å². The molecule has 0 amide bonds. The summed E-state index contributed by atoms with van der Waals surface area (Å²) in [4.78, 5) is 4.30.